The Hall–Kier alpha value is -1.61. The first-order valence-electron chi connectivity index (χ1n) is 7.24. The highest BCUT2D eigenvalue weighted by Gasteiger charge is 2.18. The number of methoxy groups -OCH3 is 1. The van der Waals surface area contributed by atoms with E-state index in [0.717, 1.165) is 34.9 Å². The monoisotopic (exact) mass is 273 g/mol. The van der Waals surface area contributed by atoms with E-state index < -0.39 is 6.10 Å². The highest BCUT2D eigenvalue weighted by atomic mass is 16.5. The molecule has 0 bridgehead atoms. The molecular weight excluding hydrogens is 250 g/mol. The molecule has 108 valence electrons. The van der Waals surface area contributed by atoms with Gasteiger partial charge in [0.05, 0.1) is 18.7 Å². The maximum Gasteiger partial charge on any atom is 0.216 e. The van der Waals surface area contributed by atoms with Gasteiger partial charge >= 0.3 is 0 Å². The molecule has 0 radical (unpaired) electrons. The molecule has 3 nitrogen and oxygen atoms in total. The Morgan fingerprint density at radius 1 is 1.20 bits per heavy atom. The Balaban J connectivity index is 2.43. The largest absolute Gasteiger partial charge is 0.481 e. The summed E-state index contributed by atoms with van der Waals surface area (Å²) in [6.07, 6.45) is 1.56. The third-order valence-corrected chi connectivity index (χ3v) is 4.01. The van der Waals surface area contributed by atoms with Crippen molar-refractivity contribution in [1.82, 2.24) is 4.98 Å². The Kier molecular flexibility index (Phi) is 4.61. The van der Waals surface area contributed by atoms with Gasteiger partial charge in [-0.2, -0.15) is 0 Å². The first kappa shape index (κ1) is 14.8. The summed E-state index contributed by atoms with van der Waals surface area (Å²) in [5.41, 5.74) is 2.87. The van der Waals surface area contributed by atoms with E-state index in [9.17, 15) is 5.11 Å². The molecule has 0 aliphatic carbocycles. The van der Waals surface area contributed by atoms with E-state index in [-0.39, 0.29) is 0 Å². The van der Waals surface area contributed by atoms with Crippen molar-refractivity contribution in [3.05, 3.63) is 35.4 Å². The number of fused-ring (bicyclic) bond motifs is 1. The van der Waals surface area contributed by atoms with Gasteiger partial charge < -0.3 is 9.84 Å². The van der Waals surface area contributed by atoms with Crippen molar-refractivity contribution in [3.8, 4) is 5.88 Å². The molecule has 1 unspecified atom stereocenters. The third kappa shape index (κ3) is 2.78. The number of aliphatic hydroxyl groups excluding tert-OH is 1. The summed E-state index contributed by atoms with van der Waals surface area (Å²) < 4.78 is 5.24. The summed E-state index contributed by atoms with van der Waals surface area (Å²) >= 11 is 0. The van der Waals surface area contributed by atoms with Crippen molar-refractivity contribution in [2.24, 2.45) is 5.92 Å². The first-order valence-corrected chi connectivity index (χ1v) is 7.24. The number of ether oxygens (including phenoxy) is 1. The van der Waals surface area contributed by atoms with E-state index in [2.05, 4.69) is 24.9 Å². The normalized spacial score (nSPS) is 12.9. The van der Waals surface area contributed by atoms with Crippen LogP contribution in [0.3, 0.4) is 0 Å². The lowest BCUT2D eigenvalue weighted by Crippen LogP contribution is -2.10. The van der Waals surface area contributed by atoms with Crippen LogP contribution in [0.1, 0.15) is 43.9 Å². The summed E-state index contributed by atoms with van der Waals surface area (Å²) in [6, 6.07) is 8.02. The van der Waals surface area contributed by atoms with Gasteiger partial charge in [0.25, 0.3) is 0 Å². The van der Waals surface area contributed by atoms with E-state index in [4.69, 9.17) is 4.74 Å². The minimum Gasteiger partial charge on any atom is -0.481 e. The molecule has 0 saturated carbocycles. The summed E-state index contributed by atoms with van der Waals surface area (Å²) in [6.45, 7) is 6.22. The second kappa shape index (κ2) is 6.23. The van der Waals surface area contributed by atoms with Crippen LogP contribution < -0.4 is 4.74 Å². The summed E-state index contributed by atoms with van der Waals surface area (Å²) in [7, 11) is 1.63. The molecule has 1 N–H and O–H groups in total. The van der Waals surface area contributed by atoms with Crippen LogP contribution in [0.2, 0.25) is 0 Å². The lowest BCUT2D eigenvalue weighted by atomic mass is 9.90. The molecule has 1 aromatic carbocycles. The van der Waals surface area contributed by atoms with Crippen LogP contribution in [0.15, 0.2) is 24.3 Å². The Labute approximate surface area is 120 Å². The number of hydrogen-bond donors (Lipinski definition) is 1. The van der Waals surface area contributed by atoms with Crippen molar-refractivity contribution in [1.29, 1.82) is 0 Å². The number of nitrogens with zero attached hydrogens (tertiary/aromatic N) is 1. The van der Waals surface area contributed by atoms with Gasteiger partial charge in [-0.25, -0.2) is 4.98 Å². The molecule has 0 aliphatic rings. The van der Waals surface area contributed by atoms with Crippen molar-refractivity contribution in [2.45, 2.75) is 39.7 Å². The van der Waals surface area contributed by atoms with E-state index >= 15 is 0 Å². The van der Waals surface area contributed by atoms with Crippen molar-refractivity contribution in [3.63, 3.8) is 0 Å². The highest BCUT2D eigenvalue weighted by molar-refractivity contribution is 5.81. The van der Waals surface area contributed by atoms with Crippen LogP contribution in [0.25, 0.3) is 10.9 Å². The zero-order valence-corrected chi connectivity index (χ0v) is 12.7. The molecule has 2 rings (SSSR count). The lowest BCUT2D eigenvalue weighted by molar-refractivity contribution is 0.103. The molecule has 3 heteroatoms. The van der Waals surface area contributed by atoms with Crippen LogP contribution in [0, 0.1) is 12.8 Å². The van der Waals surface area contributed by atoms with E-state index in [1.54, 1.807) is 7.11 Å². The fraction of sp³-hybridized carbons (Fsp3) is 0.471. The van der Waals surface area contributed by atoms with Gasteiger partial charge in [-0.15, -0.1) is 0 Å². The fourth-order valence-corrected chi connectivity index (χ4v) is 2.68. The molecule has 0 aliphatic heterocycles. The molecule has 1 heterocycles. The minimum absolute atomic E-state index is 0.305. The van der Waals surface area contributed by atoms with Crippen LogP contribution in [0.5, 0.6) is 5.88 Å². The number of rotatable bonds is 5. The van der Waals surface area contributed by atoms with E-state index in [1.807, 2.05) is 25.1 Å². The molecule has 0 spiro atoms. The summed E-state index contributed by atoms with van der Waals surface area (Å²) in [5, 5.41) is 11.5. The molecule has 1 aromatic heterocycles. The average Bonchev–Trinajstić information content (AvgIpc) is 2.47. The van der Waals surface area contributed by atoms with Crippen LogP contribution in [0.4, 0.5) is 0 Å². The Morgan fingerprint density at radius 3 is 2.50 bits per heavy atom. The van der Waals surface area contributed by atoms with Gasteiger partial charge in [0.1, 0.15) is 0 Å². The third-order valence-electron chi connectivity index (χ3n) is 4.01. The second-order valence-corrected chi connectivity index (χ2v) is 5.29. The smallest absolute Gasteiger partial charge is 0.216 e. The SMILES string of the molecule is CCC(CC)C(O)c1ccc2nc(OC)c(C)cc2c1. The zero-order valence-electron chi connectivity index (χ0n) is 12.7. The average molecular weight is 273 g/mol. The first-order chi connectivity index (χ1) is 9.60. The Bertz CT molecular complexity index is 591. The van der Waals surface area contributed by atoms with Crippen LogP contribution >= 0.6 is 0 Å². The standard InChI is InChI=1S/C17H23NO2/c1-5-12(6-2)16(19)13-7-8-15-14(10-13)9-11(3)17(18-15)20-4/h7-10,12,16,19H,5-6H2,1-4H3. The van der Waals surface area contributed by atoms with E-state index in [0.29, 0.717) is 11.8 Å². The van der Waals surface area contributed by atoms with Gasteiger partial charge in [0, 0.05) is 10.9 Å². The van der Waals surface area contributed by atoms with Crippen LogP contribution in [-0.4, -0.2) is 17.2 Å². The molecule has 2 aromatic rings. The van der Waals surface area contributed by atoms with Gasteiger partial charge in [0.2, 0.25) is 5.88 Å². The van der Waals surface area contributed by atoms with Crippen molar-refractivity contribution < 1.29 is 9.84 Å². The summed E-state index contributed by atoms with van der Waals surface area (Å²) in [4.78, 5) is 4.48. The molecule has 20 heavy (non-hydrogen) atoms. The summed E-state index contributed by atoms with van der Waals surface area (Å²) in [5.74, 6) is 0.963. The number of hydrogen-bond acceptors (Lipinski definition) is 3. The predicted octanol–water partition coefficient (Wildman–Crippen LogP) is 4.02. The van der Waals surface area contributed by atoms with Gasteiger partial charge in [0.15, 0.2) is 0 Å². The number of pyridine rings is 1. The minimum atomic E-state index is -0.406. The van der Waals surface area contributed by atoms with Crippen molar-refractivity contribution in [2.75, 3.05) is 7.11 Å². The van der Waals surface area contributed by atoms with Gasteiger partial charge in [-0.3, -0.25) is 0 Å². The maximum atomic E-state index is 10.5. The zero-order chi connectivity index (χ0) is 14.7. The number of aromatic nitrogens is 1. The molecular formula is C17H23NO2. The topological polar surface area (TPSA) is 42.4 Å². The maximum absolute atomic E-state index is 10.5. The lowest BCUT2D eigenvalue weighted by Gasteiger charge is -2.20. The van der Waals surface area contributed by atoms with Crippen LogP contribution in [-0.2, 0) is 0 Å². The number of aliphatic hydroxyl groups is 1. The second-order valence-electron chi connectivity index (χ2n) is 5.29. The molecule has 0 amide bonds. The van der Waals surface area contributed by atoms with E-state index in [1.165, 1.54) is 0 Å². The predicted molar refractivity (Wildman–Crippen MR) is 82.1 cm³/mol. The fourth-order valence-electron chi connectivity index (χ4n) is 2.68. The quantitative estimate of drug-likeness (QED) is 0.894. The molecule has 0 fully saturated rings. The Morgan fingerprint density at radius 2 is 1.90 bits per heavy atom. The highest BCUT2D eigenvalue weighted by Crippen LogP contribution is 2.30. The molecule has 1 atom stereocenters. The number of aryl methyl sites for hydroxylation is 1. The van der Waals surface area contributed by atoms with Gasteiger partial charge in [-0.1, -0.05) is 32.8 Å². The number of benzene rings is 1. The molecule has 0 saturated heterocycles. The van der Waals surface area contributed by atoms with Crippen molar-refractivity contribution >= 4 is 10.9 Å². The van der Waals surface area contributed by atoms with Gasteiger partial charge in [-0.05, 0) is 36.6 Å².